The number of nitrogens with two attached hydrogens (primary N) is 1. The van der Waals surface area contributed by atoms with Crippen molar-refractivity contribution in [2.24, 2.45) is 5.16 Å². The molecule has 0 unspecified atom stereocenters. The number of likely N-dealkylation sites (N-methyl/N-ethyl adjacent to an activating group) is 1. The SMILES string of the molecule is CNCCNc1cc[n+](CC2=C(C(=O)[O-])N3C(=O)[C@@H](NC(=O)/C(=N\O[C@@H](C)C(=O)O)c4nc(N)sc4Cl)[C@H]3SC2)cc1. The zero-order valence-electron chi connectivity index (χ0n) is 22.3. The minimum atomic E-state index is -1.51. The van der Waals surface area contributed by atoms with Crippen LogP contribution in [-0.2, 0) is 30.6 Å². The number of rotatable bonds is 13. The van der Waals surface area contributed by atoms with Crippen LogP contribution in [-0.4, -0.2) is 87.9 Å². The molecule has 224 valence electrons. The number of carbonyl (C=O) groups excluding carboxylic acids is 3. The summed E-state index contributed by atoms with van der Waals surface area (Å²) in [6.45, 7) is 2.93. The number of carboxylic acid groups (broad SMARTS) is 2. The Labute approximate surface area is 252 Å². The lowest BCUT2D eigenvalue weighted by Gasteiger charge is -2.50. The average molecular weight is 639 g/mol. The monoisotopic (exact) mass is 638 g/mol. The number of fused-ring (bicyclic) bond motifs is 1. The summed E-state index contributed by atoms with van der Waals surface area (Å²) in [4.78, 5) is 59.6. The van der Waals surface area contributed by atoms with Crippen molar-refractivity contribution < 1.29 is 38.8 Å². The number of aromatic nitrogens is 2. The van der Waals surface area contributed by atoms with Gasteiger partial charge in [-0.3, -0.25) is 14.5 Å². The Bertz CT molecular complexity index is 1450. The molecule has 0 radical (unpaired) electrons. The van der Waals surface area contributed by atoms with Gasteiger partial charge in [-0.25, -0.2) is 14.3 Å². The highest BCUT2D eigenvalue weighted by atomic mass is 35.5. The number of oxime groups is 1. The van der Waals surface area contributed by atoms with E-state index in [1.54, 1.807) is 17.0 Å². The predicted octanol–water partition coefficient (Wildman–Crippen LogP) is -1.40. The molecule has 42 heavy (non-hydrogen) atoms. The number of halogens is 1. The molecule has 18 heteroatoms. The molecule has 1 fully saturated rings. The summed E-state index contributed by atoms with van der Waals surface area (Å²) in [5.74, 6) is -4.20. The lowest BCUT2D eigenvalue weighted by Crippen LogP contribution is -2.71. The fraction of sp³-hybridized carbons (Fsp3) is 0.375. The molecule has 2 aromatic heterocycles. The van der Waals surface area contributed by atoms with Crippen LogP contribution in [0.3, 0.4) is 0 Å². The van der Waals surface area contributed by atoms with Crippen molar-refractivity contribution in [1.82, 2.24) is 20.5 Å². The van der Waals surface area contributed by atoms with Gasteiger partial charge in [0.2, 0.25) is 6.10 Å². The first kappa shape index (κ1) is 31.0. The molecule has 0 saturated carbocycles. The van der Waals surface area contributed by atoms with Crippen molar-refractivity contribution in [1.29, 1.82) is 0 Å². The summed E-state index contributed by atoms with van der Waals surface area (Å²) in [7, 11) is 1.86. The number of thiazole rings is 1. The van der Waals surface area contributed by atoms with Gasteiger partial charge in [0.1, 0.15) is 21.4 Å². The highest BCUT2D eigenvalue weighted by molar-refractivity contribution is 8.00. The minimum absolute atomic E-state index is 0.00678. The van der Waals surface area contributed by atoms with Crippen LogP contribution in [0, 0.1) is 0 Å². The third kappa shape index (κ3) is 6.75. The Kier molecular flexibility index (Phi) is 9.87. The third-order valence-corrected chi connectivity index (χ3v) is 8.61. The van der Waals surface area contributed by atoms with Crippen molar-refractivity contribution in [3.8, 4) is 0 Å². The molecule has 2 amide bonds. The van der Waals surface area contributed by atoms with Crippen LogP contribution < -0.4 is 31.4 Å². The molecule has 2 aliphatic heterocycles. The number of thioether (sulfide) groups is 1. The maximum Gasteiger partial charge on any atom is 0.347 e. The number of nitrogens with zero attached hydrogens (tertiary/aromatic N) is 4. The summed E-state index contributed by atoms with van der Waals surface area (Å²) in [5, 5.41) is 33.0. The molecule has 0 bridgehead atoms. The van der Waals surface area contributed by atoms with Crippen LogP contribution in [0.2, 0.25) is 4.34 Å². The molecule has 0 aliphatic carbocycles. The number of nitrogens with one attached hydrogen (secondary N) is 3. The summed E-state index contributed by atoms with van der Waals surface area (Å²) in [6.07, 6.45) is 2.18. The zero-order chi connectivity index (χ0) is 30.6. The van der Waals surface area contributed by atoms with Crippen LogP contribution in [0.5, 0.6) is 0 Å². The summed E-state index contributed by atoms with van der Waals surface area (Å²) in [5.41, 5.74) is 6.14. The molecule has 4 rings (SSSR count). The van der Waals surface area contributed by atoms with Crippen LogP contribution in [0.25, 0.3) is 0 Å². The van der Waals surface area contributed by atoms with Crippen LogP contribution >= 0.6 is 34.7 Å². The first-order valence-electron chi connectivity index (χ1n) is 12.5. The van der Waals surface area contributed by atoms with Gasteiger partial charge in [-0.15, -0.1) is 11.8 Å². The number of hydrogen-bond acceptors (Lipinski definition) is 13. The number of aliphatic carboxylic acids is 2. The smallest absolute Gasteiger partial charge is 0.347 e. The largest absolute Gasteiger partial charge is 0.543 e. The first-order chi connectivity index (χ1) is 20.0. The standard InChI is InChI=1S/C24H27ClN8O7S2/c1-11(22(36)37)40-31-15(14-18(25)42-24(26)30-14)19(34)29-16-20(35)33-17(23(38)39)12(10-41-21(16)33)9-32-7-3-13(4-8-32)28-6-5-27-2/h3-4,7-8,11,16,21,27H,5-6,9-10H2,1-2H3,(H5,26,29,30,34,36,37,38,39)/b31-15-/t11-,16+,21+/m0/s1. The molecule has 6 N–H and O–H groups in total. The van der Waals surface area contributed by atoms with Gasteiger partial charge in [-0.05, 0) is 14.0 Å². The lowest BCUT2D eigenvalue weighted by atomic mass is 10.0. The van der Waals surface area contributed by atoms with Crippen LogP contribution in [0.1, 0.15) is 12.6 Å². The summed E-state index contributed by atoms with van der Waals surface area (Å²) in [6, 6.07) is 2.60. The van der Waals surface area contributed by atoms with E-state index in [9.17, 15) is 24.3 Å². The normalized spacial score (nSPS) is 19.1. The molecule has 2 aromatic rings. The van der Waals surface area contributed by atoms with Crippen molar-refractivity contribution in [3.05, 3.63) is 45.8 Å². The van der Waals surface area contributed by atoms with Gasteiger partial charge in [0.05, 0.1) is 11.7 Å². The van der Waals surface area contributed by atoms with E-state index in [0.29, 0.717) is 5.57 Å². The van der Waals surface area contributed by atoms with E-state index in [1.807, 2.05) is 19.2 Å². The summed E-state index contributed by atoms with van der Waals surface area (Å²) >= 11 is 8.26. The number of carboxylic acids is 2. The second-order valence-corrected chi connectivity index (χ2v) is 11.8. The van der Waals surface area contributed by atoms with Crippen molar-refractivity contribution >= 4 is 75.0 Å². The second-order valence-electron chi connectivity index (χ2n) is 9.09. The fourth-order valence-corrected chi connectivity index (χ4v) is 6.33. The van der Waals surface area contributed by atoms with Gasteiger partial charge in [-0.2, -0.15) is 0 Å². The van der Waals surface area contributed by atoms with Gasteiger partial charge in [0.15, 0.2) is 29.8 Å². The van der Waals surface area contributed by atoms with Gasteiger partial charge in [-0.1, -0.05) is 28.1 Å². The second kappa shape index (κ2) is 13.4. The molecule has 3 atom stereocenters. The number of carbonyl (C=O) groups is 4. The van der Waals surface area contributed by atoms with Gasteiger partial charge < -0.3 is 41.5 Å². The minimum Gasteiger partial charge on any atom is -0.543 e. The van der Waals surface area contributed by atoms with Gasteiger partial charge in [0, 0.05) is 42.2 Å². The van der Waals surface area contributed by atoms with E-state index < -0.39 is 47.0 Å². The molecule has 0 aromatic carbocycles. The van der Waals surface area contributed by atoms with E-state index in [1.165, 1.54) is 18.7 Å². The zero-order valence-corrected chi connectivity index (χ0v) is 24.7. The van der Waals surface area contributed by atoms with E-state index >= 15 is 0 Å². The van der Waals surface area contributed by atoms with Gasteiger partial charge >= 0.3 is 5.97 Å². The lowest BCUT2D eigenvalue weighted by molar-refractivity contribution is -0.689. The molecular weight excluding hydrogens is 612 g/mol. The Morgan fingerprint density at radius 1 is 1.36 bits per heavy atom. The molecule has 4 heterocycles. The Balaban J connectivity index is 1.50. The van der Waals surface area contributed by atoms with Crippen molar-refractivity contribution in [2.75, 3.05) is 36.9 Å². The Morgan fingerprint density at radius 2 is 2.07 bits per heavy atom. The molecule has 1 saturated heterocycles. The average Bonchev–Trinajstić information content (AvgIpc) is 3.29. The van der Waals surface area contributed by atoms with E-state index in [2.05, 4.69) is 26.1 Å². The van der Waals surface area contributed by atoms with Crippen molar-refractivity contribution in [3.63, 3.8) is 0 Å². The number of pyridine rings is 1. The van der Waals surface area contributed by atoms with E-state index in [4.69, 9.17) is 27.3 Å². The number of anilines is 2. The molecule has 2 aliphatic rings. The highest BCUT2D eigenvalue weighted by Crippen LogP contribution is 2.40. The Hall–Kier alpha value is -3.93. The molecular formula is C24H27ClN8O7S2. The molecule has 15 nitrogen and oxygen atoms in total. The quantitative estimate of drug-likeness (QED) is 0.0563. The van der Waals surface area contributed by atoms with Gasteiger partial charge in [0.25, 0.3) is 11.8 Å². The number of β-lactam (4-membered cyclic amide) rings is 1. The highest BCUT2D eigenvalue weighted by Gasteiger charge is 2.53. The first-order valence-corrected chi connectivity index (χ1v) is 14.7. The maximum absolute atomic E-state index is 13.2. The summed E-state index contributed by atoms with van der Waals surface area (Å²) < 4.78 is 1.78. The number of amides is 2. The fourth-order valence-electron chi connectivity index (χ4n) is 4.07. The maximum atomic E-state index is 13.2. The van der Waals surface area contributed by atoms with Crippen molar-refractivity contribution in [2.45, 2.75) is 31.0 Å². The van der Waals surface area contributed by atoms with Crippen LogP contribution in [0.15, 0.2) is 41.0 Å². The predicted molar refractivity (Wildman–Crippen MR) is 152 cm³/mol. The Morgan fingerprint density at radius 3 is 2.67 bits per heavy atom. The van der Waals surface area contributed by atoms with E-state index in [-0.39, 0.29) is 33.2 Å². The molecule has 0 spiro atoms. The van der Waals surface area contributed by atoms with Crippen LogP contribution in [0.4, 0.5) is 10.8 Å². The topological polar surface area (TPSA) is 215 Å². The number of hydrogen-bond donors (Lipinski definition) is 5. The van der Waals surface area contributed by atoms with E-state index in [0.717, 1.165) is 35.0 Å². The third-order valence-electron chi connectivity index (χ3n) is 6.19. The number of nitrogen functional groups attached to an aromatic ring is 1.